The minimum atomic E-state index is -0.0609. The first-order valence-corrected chi connectivity index (χ1v) is 6.58. The molecule has 3 nitrogen and oxygen atoms in total. The van der Waals surface area contributed by atoms with Gasteiger partial charge in [-0.05, 0) is 25.7 Å². The van der Waals surface area contributed by atoms with Gasteiger partial charge in [-0.25, -0.2) is 4.98 Å². The minimum absolute atomic E-state index is 0.0609. The smallest absolute Gasteiger partial charge is 0.0795 e. The summed E-state index contributed by atoms with van der Waals surface area (Å²) in [6.45, 7) is 0.978. The monoisotopic (exact) mass is 224 g/mol. The maximum absolute atomic E-state index is 9.69. The second-order valence-electron chi connectivity index (χ2n) is 4.66. The van der Waals surface area contributed by atoms with Crippen molar-refractivity contribution in [2.24, 2.45) is 0 Å². The van der Waals surface area contributed by atoms with Gasteiger partial charge in [0.25, 0.3) is 0 Å². The van der Waals surface area contributed by atoms with Crippen LogP contribution in [-0.4, -0.2) is 33.2 Å². The Hall–Kier alpha value is -0.450. The lowest BCUT2D eigenvalue weighted by molar-refractivity contribution is 0.0304. The molecule has 2 saturated heterocycles. The van der Waals surface area contributed by atoms with E-state index in [0.717, 1.165) is 19.4 Å². The van der Waals surface area contributed by atoms with Gasteiger partial charge in [-0.1, -0.05) is 0 Å². The molecule has 1 aromatic rings. The summed E-state index contributed by atoms with van der Waals surface area (Å²) in [5, 5.41) is 11.8. The molecule has 2 aliphatic rings. The van der Waals surface area contributed by atoms with Crippen molar-refractivity contribution in [3.8, 4) is 0 Å². The van der Waals surface area contributed by atoms with Gasteiger partial charge in [-0.2, -0.15) is 0 Å². The summed E-state index contributed by atoms with van der Waals surface area (Å²) in [4.78, 5) is 6.88. The highest BCUT2D eigenvalue weighted by Crippen LogP contribution is 2.36. The summed E-state index contributed by atoms with van der Waals surface area (Å²) in [6, 6.07) is 1.20. The van der Waals surface area contributed by atoms with E-state index in [1.165, 1.54) is 18.5 Å². The van der Waals surface area contributed by atoms with E-state index < -0.39 is 0 Å². The molecular weight excluding hydrogens is 208 g/mol. The molecule has 1 aromatic heterocycles. The average Bonchev–Trinajstić information content (AvgIpc) is 2.77. The van der Waals surface area contributed by atoms with E-state index in [1.807, 2.05) is 5.51 Å². The van der Waals surface area contributed by atoms with Crippen LogP contribution in [0.4, 0.5) is 0 Å². The van der Waals surface area contributed by atoms with Crippen molar-refractivity contribution >= 4 is 11.3 Å². The number of aliphatic hydroxyl groups is 1. The Balaban J connectivity index is 1.72. The first kappa shape index (κ1) is 9.75. The fourth-order valence-corrected chi connectivity index (χ4v) is 3.56. The van der Waals surface area contributed by atoms with E-state index in [0.29, 0.717) is 12.1 Å². The van der Waals surface area contributed by atoms with E-state index in [-0.39, 0.29) is 6.10 Å². The van der Waals surface area contributed by atoms with E-state index >= 15 is 0 Å². The van der Waals surface area contributed by atoms with Crippen LogP contribution < -0.4 is 0 Å². The van der Waals surface area contributed by atoms with Crippen LogP contribution in [0.5, 0.6) is 0 Å². The Bertz CT molecular complexity index is 313. The van der Waals surface area contributed by atoms with Crippen molar-refractivity contribution in [1.82, 2.24) is 9.88 Å². The van der Waals surface area contributed by atoms with Gasteiger partial charge in [0.15, 0.2) is 0 Å². The molecule has 2 bridgehead atoms. The zero-order chi connectivity index (χ0) is 10.3. The van der Waals surface area contributed by atoms with Crippen molar-refractivity contribution in [1.29, 1.82) is 0 Å². The molecule has 0 amide bonds. The Morgan fingerprint density at radius 3 is 2.73 bits per heavy atom. The standard InChI is InChI=1S/C11H16N2OS/c14-11-3-9-1-2-10(4-11)13(9)5-8-6-15-7-12-8/h6-7,9-11,14H,1-5H2. The van der Waals surface area contributed by atoms with Gasteiger partial charge in [0.1, 0.15) is 0 Å². The molecule has 2 unspecified atom stereocenters. The van der Waals surface area contributed by atoms with Crippen LogP contribution in [0.15, 0.2) is 10.9 Å². The second-order valence-corrected chi connectivity index (χ2v) is 5.38. The van der Waals surface area contributed by atoms with Gasteiger partial charge in [-0.15, -0.1) is 11.3 Å². The maximum Gasteiger partial charge on any atom is 0.0795 e. The highest BCUT2D eigenvalue weighted by molar-refractivity contribution is 7.07. The zero-order valence-electron chi connectivity index (χ0n) is 8.67. The minimum Gasteiger partial charge on any atom is -0.393 e. The lowest BCUT2D eigenvalue weighted by Crippen LogP contribution is -2.44. The van der Waals surface area contributed by atoms with Crippen LogP contribution >= 0.6 is 11.3 Å². The second kappa shape index (κ2) is 3.85. The quantitative estimate of drug-likeness (QED) is 0.829. The number of aromatic nitrogens is 1. The number of hydrogen-bond acceptors (Lipinski definition) is 4. The van der Waals surface area contributed by atoms with Crippen LogP contribution in [0.25, 0.3) is 0 Å². The third-order valence-electron chi connectivity index (χ3n) is 3.69. The van der Waals surface area contributed by atoms with E-state index in [4.69, 9.17) is 0 Å². The predicted molar refractivity (Wildman–Crippen MR) is 59.7 cm³/mol. The van der Waals surface area contributed by atoms with Crippen molar-refractivity contribution in [2.75, 3.05) is 0 Å². The normalized spacial score (nSPS) is 35.9. The molecule has 0 saturated carbocycles. The number of piperidine rings is 1. The highest BCUT2D eigenvalue weighted by Gasteiger charge is 2.39. The molecule has 3 rings (SSSR count). The van der Waals surface area contributed by atoms with Crippen LogP contribution in [0.1, 0.15) is 31.4 Å². The van der Waals surface area contributed by atoms with Crippen molar-refractivity contribution in [3.63, 3.8) is 0 Å². The fourth-order valence-electron chi connectivity index (χ4n) is 3.01. The van der Waals surface area contributed by atoms with Crippen molar-refractivity contribution < 1.29 is 5.11 Å². The summed E-state index contributed by atoms with van der Waals surface area (Å²) in [6.07, 6.45) is 4.37. The average molecular weight is 224 g/mol. The van der Waals surface area contributed by atoms with E-state index in [9.17, 15) is 5.11 Å². The maximum atomic E-state index is 9.69. The molecule has 0 radical (unpaired) electrons. The molecule has 0 spiro atoms. The largest absolute Gasteiger partial charge is 0.393 e. The molecule has 82 valence electrons. The number of rotatable bonds is 2. The molecule has 1 N–H and O–H groups in total. The zero-order valence-corrected chi connectivity index (χ0v) is 9.49. The van der Waals surface area contributed by atoms with Gasteiger partial charge < -0.3 is 5.11 Å². The summed E-state index contributed by atoms with van der Waals surface area (Å²) in [7, 11) is 0. The highest BCUT2D eigenvalue weighted by atomic mass is 32.1. The summed E-state index contributed by atoms with van der Waals surface area (Å²) in [5.74, 6) is 0. The molecule has 2 atom stereocenters. The fraction of sp³-hybridized carbons (Fsp3) is 0.727. The number of thiazole rings is 1. The molecule has 4 heteroatoms. The first-order valence-electron chi connectivity index (χ1n) is 5.64. The Morgan fingerprint density at radius 2 is 2.13 bits per heavy atom. The molecular formula is C11H16N2OS. The van der Waals surface area contributed by atoms with Gasteiger partial charge >= 0.3 is 0 Å². The first-order chi connectivity index (χ1) is 7.33. The number of aliphatic hydroxyl groups excluding tert-OH is 1. The third-order valence-corrected chi connectivity index (χ3v) is 4.32. The van der Waals surface area contributed by atoms with E-state index in [1.54, 1.807) is 11.3 Å². The Labute approximate surface area is 93.8 Å². The van der Waals surface area contributed by atoms with E-state index in [2.05, 4.69) is 15.3 Å². The number of fused-ring (bicyclic) bond motifs is 2. The predicted octanol–water partition coefficient (Wildman–Crippen LogP) is 1.63. The SMILES string of the molecule is OC1CC2CCC(C1)N2Cc1cscn1. The molecule has 2 aliphatic heterocycles. The van der Waals surface area contributed by atoms with Crippen molar-refractivity contribution in [3.05, 3.63) is 16.6 Å². The Kier molecular flexibility index (Phi) is 2.50. The molecule has 2 fully saturated rings. The summed E-state index contributed by atoms with van der Waals surface area (Å²) in [5.41, 5.74) is 3.09. The van der Waals surface area contributed by atoms with Crippen molar-refractivity contribution in [2.45, 2.75) is 50.4 Å². The van der Waals surface area contributed by atoms with Crippen LogP contribution in [0, 0.1) is 0 Å². The van der Waals surface area contributed by atoms with Crippen LogP contribution in [0.2, 0.25) is 0 Å². The van der Waals surface area contributed by atoms with Crippen LogP contribution in [0.3, 0.4) is 0 Å². The number of hydrogen-bond donors (Lipinski definition) is 1. The van der Waals surface area contributed by atoms with Gasteiger partial charge in [-0.3, -0.25) is 4.90 Å². The van der Waals surface area contributed by atoms with Gasteiger partial charge in [0.2, 0.25) is 0 Å². The number of nitrogens with zero attached hydrogens (tertiary/aromatic N) is 2. The lowest BCUT2D eigenvalue weighted by atomic mass is 10.00. The lowest BCUT2D eigenvalue weighted by Gasteiger charge is -2.36. The molecule has 15 heavy (non-hydrogen) atoms. The topological polar surface area (TPSA) is 36.4 Å². The Morgan fingerprint density at radius 1 is 1.40 bits per heavy atom. The van der Waals surface area contributed by atoms with Crippen LogP contribution in [-0.2, 0) is 6.54 Å². The molecule has 0 aliphatic carbocycles. The summed E-state index contributed by atoms with van der Waals surface area (Å²) >= 11 is 1.66. The van der Waals surface area contributed by atoms with Gasteiger partial charge in [0, 0.05) is 24.0 Å². The summed E-state index contributed by atoms with van der Waals surface area (Å²) < 4.78 is 0. The molecule has 0 aromatic carbocycles. The third kappa shape index (κ3) is 1.82. The van der Waals surface area contributed by atoms with Gasteiger partial charge in [0.05, 0.1) is 17.3 Å². The molecule has 3 heterocycles.